The number of hydrogen-bond donors (Lipinski definition) is 2. The Morgan fingerprint density at radius 1 is 1.40 bits per heavy atom. The number of carboxylic acids is 1. The van der Waals surface area contributed by atoms with Gasteiger partial charge in [0.25, 0.3) is 0 Å². The molecule has 0 bridgehead atoms. The highest BCUT2D eigenvalue weighted by atomic mass is 32.2. The molecule has 0 aliphatic carbocycles. The van der Waals surface area contributed by atoms with Gasteiger partial charge in [-0.1, -0.05) is 18.2 Å². The van der Waals surface area contributed by atoms with Gasteiger partial charge < -0.3 is 10.4 Å². The zero-order valence-corrected chi connectivity index (χ0v) is 12.5. The maximum Gasteiger partial charge on any atom is 0.336 e. The molecular weight excluding hydrogens is 290 g/mol. The van der Waals surface area contributed by atoms with E-state index in [0.29, 0.717) is 11.6 Å². The average Bonchev–Trinajstić information content (AvgIpc) is 2.94. The molecule has 5 heteroatoms. The summed E-state index contributed by atoms with van der Waals surface area (Å²) in [5, 5.41) is 14.2. The van der Waals surface area contributed by atoms with Crippen LogP contribution in [-0.2, 0) is 6.54 Å². The Balaban J connectivity index is 1.68. The number of fused-ring (bicyclic) bond motifs is 1. The van der Waals surface area contributed by atoms with Gasteiger partial charge in [0.1, 0.15) is 0 Å². The van der Waals surface area contributed by atoms with E-state index in [1.807, 2.05) is 11.8 Å². The van der Waals surface area contributed by atoms with Gasteiger partial charge in [-0.2, -0.15) is 0 Å². The molecule has 0 amide bonds. The number of carbonyl (C=O) groups is 1. The monoisotopic (exact) mass is 305 g/mol. The highest BCUT2D eigenvalue weighted by Crippen LogP contribution is 2.36. The Morgan fingerprint density at radius 3 is 3.05 bits per heavy atom. The van der Waals surface area contributed by atoms with Crippen molar-refractivity contribution < 1.29 is 9.90 Å². The van der Waals surface area contributed by atoms with Crippen LogP contribution in [0.15, 0.2) is 40.6 Å². The lowest BCUT2D eigenvalue weighted by Gasteiger charge is -2.25. The summed E-state index contributed by atoms with van der Waals surface area (Å²) in [6.07, 6.45) is 1.11. The quantitative estimate of drug-likeness (QED) is 0.902. The maximum atomic E-state index is 10.9. The lowest BCUT2D eigenvalue weighted by molar-refractivity contribution is 0.0697. The van der Waals surface area contributed by atoms with Crippen molar-refractivity contribution in [3.05, 3.63) is 51.7 Å². The second-order valence-corrected chi connectivity index (χ2v) is 6.85. The SMILES string of the molecule is O=C(O)c1csc(CNC2CCSc3ccccc32)c1. The standard InChI is InChI=1S/C15H15NO2S2/c17-15(18)10-7-11(20-9-10)8-16-13-5-6-19-14-4-2-1-3-12(13)14/h1-4,7,9,13,16H,5-6,8H2,(H,17,18). The maximum absolute atomic E-state index is 10.9. The molecule has 0 saturated carbocycles. The van der Waals surface area contributed by atoms with Crippen LogP contribution in [0.4, 0.5) is 0 Å². The predicted octanol–water partition coefficient (Wildman–Crippen LogP) is 3.77. The van der Waals surface area contributed by atoms with Crippen molar-refractivity contribution in [1.29, 1.82) is 0 Å². The van der Waals surface area contributed by atoms with E-state index in [4.69, 9.17) is 5.11 Å². The minimum absolute atomic E-state index is 0.364. The van der Waals surface area contributed by atoms with Crippen molar-refractivity contribution >= 4 is 29.1 Å². The summed E-state index contributed by atoms with van der Waals surface area (Å²) in [5.74, 6) is 0.270. The summed E-state index contributed by atoms with van der Waals surface area (Å²) in [7, 11) is 0. The number of nitrogens with one attached hydrogen (secondary N) is 1. The lowest BCUT2D eigenvalue weighted by Crippen LogP contribution is -2.23. The zero-order valence-electron chi connectivity index (χ0n) is 10.8. The van der Waals surface area contributed by atoms with Crippen LogP contribution >= 0.6 is 23.1 Å². The van der Waals surface area contributed by atoms with E-state index in [9.17, 15) is 4.79 Å². The van der Waals surface area contributed by atoms with Gasteiger partial charge in [0.2, 0.25) is 0 Å². The van der Waals surface area contributed by atoms with Crippen LogP contribution in [0.1, 0.15) is 33.3 Å². The van der Waals surface area contributed by atoms with Crippen LogP contribution in [0.25, 0.3) is 0 Å². The second-order valence-electron chi connectivity index (χ2n) is 4.72. The summed E-state index contributed by atoms with van der Waals surface area (Å²) in [6, 6.07) is 10.6. The third-order valence-electron chi connectivity index (χ3n) is 3.38. The first kappa shape index (κ1) is 13.7. The molecule has 1 aromatic heterocycles. The smallest absolute Gasteiger partial charge is 0.336 e. The number of aromatic carboxylic acids is 1. The van der Waals surface area contributed by atoms with Gasteiger partial charge in [0, 0.05) is 27.7 Å². The molecule has 0 fully saturated rings. The van der Waals surface area contributed by atoms with Gasteiger partial charge in [-0.3, -0.25) is 0 Å². The molecule has 20 heavy (non-hydrogen) atoms. The van der Waals surface area contributed by atoms with Crippen molar-refractivity contribution in [3.8, 4) is 0 Å². The average molecular weight is 305 g/mol. The van der Waals surface area contributed by atoms with Crippen molar-refractivity contribution in [2.45, 2.75) is 23.9 Å². The molecule has 0 radical (unpaired) electrons. The summed E-state index contributed by atoms with van der Waals surface area (Å²) < 4.78 is 0. The fourth-order valence-electron chi connectivity index (χ4n) is 2.36. The summed E-state index contributed by atoms with van der Waals surface area (Å²) in [4.78, 5) is 13.3. The van der Waals surface area contributed by atoms with Crippen molar-refractivity contribution in [3.63, 3.8) is 0 Å². The number of hydrogen-bond acceptors (Lipinski definition) is 4. The highest BCUT2D eigenvalue weighted by Gasteiger charge is 2.19. The van der Waals surface area contributed by atoms with Crippen LogP contribution in [0.5, 0.6) is 0 Å². The first-order valence-electron chi connectivity index (χ1n) is 6.50. The molecule has 3 nitrogen and oxygen atoms in total. The molecule has 104 valence electrons. The van der Waals surface area contributed by atoms with Gasteiger partial charge in [-0.15, -0.1) is 23.1 Å². The predicted molar refractivity (Wildman–Crippen MR) is 82.6 cm³/mol. The molecule has 2 N–H and O–H groups in total. The molecule has 0 saturated heterocycles. The third-order valence-corrected chi connectivity index (χ3v) is 5.44. The van der Waals surface area contributed by atoms with Crippen molar-refractivity contribution in [2.24, 2.45) is 0 Å². The Labute approximate surface area is 126 Å². The fraction of sp³-hybridized carbons (Fsp3) is 0.267. The van der Waals surface area contributed by atoms with Crippen molar-refractivity contribution in [2.75, 3.05) is 5.75 Å². The molecule has 1 aliphatic heterocycles. The Morgan fingerprint density at radius 2 is 2.25 bits per heavy atom. The van der Waals surface area contributed by atoms with Gasteiger partial charge >= 0.3 is 5.97 Å². The topological polar surface area (TPSA) is 49.3 Å². The molecule has 2 heterocycles. The molecule has 1 atom stereocenters. The van der Waals surface area contributed by atoms with Crippen LogP contribution in [0.2, 0.25) is 0 Å². The largest absolute Gasteiger partial charge is 0.478 e. The number of benzene rings is 1. The summed E-state index contributed by atoms with van der Waals surface area (Å²) in [6.45, 7) is 0.724. The Hall–Kier alpha value is -1.30. The van der Waals surface area contributed by atoms with E-state index < -0.39 is 5.97 Å². The van der Waals surface area contributed by atoms with E-state index in [-0.39, 0.29) is 0 Å². The summed E-state index contributed by atoms with van der Waals surface area (Å²) >= 11 is 3.41. The van der Waals surface area contributed by atoms with Gasteiger partial charge in [-0.05, 0) is 29.9 Å². The molecular formula is C15H15NO2S2. The van der Waals surface area contributed by atoms with E-state index in [1.165, 1.54) is 21.8 Å². The number of rotatable bonds is 4. The van der Waals surface area contributed by atoms with Crippen molar-refractivity contribution in [1.82, 2.24) is 5.32 Å². The lowest BCUT2D eigenvalue weighted by atomic mass is 10.0. The number of thioether (sulfide) groups is 1. The molecule has 1 aliphatic rings. The van der Waals surface area contributed by atoms with E-state index in [2.05, 4.69) is 29.6 Å². The van der Waals surface area contributed by atoms with Gasteiger partial charge in [0.15, 0.2) is 0 Å². The molecule has 1 unspecified atom stereocenters. The van der Waals surface area contributed by atoms with Gasteiger partial charge in [0.05, 0.1) is 5.56 Å². The zero-order chi connectivity index (χ0) is 13.9. The molecule has 2 aromatic rings. The van der Waals surface area contributed by atoms with E-state index in [1.54, 1.807) is 11.4 Å². The molecule has 1 aromatic carbocycles. The first-order chi connectivity index (χ1) is 9.74. The van der Waals surface area contributed by atoms with E-state index in [0.717, 1.165) is 23.6 Å². The number of carboxylic acid groups (broad SMARTS) is 1. The van der Waals surface area contributed by atoms with E-state index >= 15 is 0 Å². The van der Waals surface area contributed by atoms with Gasteiger partial charge in [-0.25, -0.2) is 4.79 Å². The van der Waals surface area contributed by atoms with Crippen LogP contribution in [0, 0.1) is 0 Å². The van der Waals surface area contributed by atoms with Crippen LogP contribution in [0.3, 0.4) is 0 Å². The Kier molecular flexibility index (Phi) is 4.10. The normalized spacial score (nSPS) is 17.7. The highest BCUT2D eigenvalue weighted by molar-refractivity contribution is 7.99. The fourth-order valence-corrected chi connectivity index (χ4v) is 4.30. The third kappa shape index (κ3) is 2.90. The minimum atomic E-state index is -0.855. The summed E-state index contributed by atoms with van der Waals surface area (Å²) in [5.41, 5.74) is 1.74. The van der Waals surface area contributed by atoms with Crippen LogP contribution < -0.4 is 5.32 Å². The second kappa shape index (κ2) is 5.99. The Bertz CT molecular complexity index is 624. The molecule has 0 spiro atoms. The number of thiophene rings is 1. The minimum Gasteiger partial charge on any atom is -0.478 e. The molecule has 3 rings (SSSR count). The van der Waals surface area contributed by atoms with Crippen LogP contribution in [-0.4, -0.2) is 16.8 Å². The first-order valence-corrected chi connectivity index (χ1v) is 8.36.